The van der Waals surface area contributed by atoms with Gasteiger partial charge in [0.2, 0.25) is 0 Å². The SMILES string of the molecule is N/C=C\c1cccc(C2=CCC(Nc3c(-c4ccccc4)c4c5ccccc5[nH]c4c4ccccc34)C=C2)c1. The van der Waals surface area contributed by atoms with Gasteiger partial charge in [-0.2, -0.15) is 0 Å². The van der Waals surface area contributed by atoms with Crippen LogP contribution in [0.3, 0.4) is 0 Å². The van der Waals surface area contributed by atoms with Gasteiger partial charge in [-0.05, 0) is 53.1 Å². The van der Waals surface area contributed by atoms with E-state index in [0.29, 0.717) is 0 Å². The van der Waals surface area contributed by atoms with Crippen LogP contribution in [0.2, 0.25) is 0 Å². The van der Waals surface area contributed by atoms with Gasteiger partial charge < -0.3 is 16.0 Å². The molecule has 0 saturated carbocycles. The predicted molar refractivity (Wildman–Crippen MR) is 168 cm³/mol. The van der Waals surface area contributed by atoms with Crippen molar-refractivity contribution in [1.29, 1.82) is 0 Å². The molecule has 6 aromatic rings. The van der Waals surface area contributed by atoms with Crippen LogP contribution in [0.5, 0.6) is 0 Å². The fourth-order valence-corrected chi connectivity index (χ4v) is 5.89. The second-order valence-corrected chi connectivity index (χ2v) is 10.1. The minimum absolute atomic E-state index is 0.175. The van der Waals surface area contributed by atoms with E-state index in [4.69, 9.17) is 5.73 Å². The molecule has 39 heavy (non-hydrogen) atoms. The second-order valence-electron chi connectivity index (χ2n) is 10.1. The van der Waals surface area contributed by atoms with E-state index < -0.39 is 0 Å². The van der Waals surface area contributed by atoms with Gasteiger partial charge in [0.15, 0.2) is 0 Å². The molecule has 1 aliphatic carbocycles. The quantitative estimate of drug-likeness (QED) is 0.220. The number of allylic oxidation sites excluding steroid dienone is 2. The van der Waals surface area contributed by atoms with Gasteiger partial charge in [0.05, 0.1) is 11.2 Å². The Hall–Kier alpha value is -5.02. The van der Waals surface area contributed by atoms with Crippen molar-refractivity contribution in [2.24, 2.45) is 5.73 Å². The zero-order valence-electron chi connectivity index (χ0n) is 21.6. The van der Waals surface area contributed by atoms with Crippen molar-refractivity contribution in [3.63, 3.8) is 0 Å². The van der Waals surface area contributed by atoms with Crippen LogP contribution in [0.15, 0.2) is 128 Å². The molecule has 0 saturated heterocycles. The summed E-state index contributed by atoms with van der Waals surface area (Å²) in [6.07, 6.45) is 11.3. The molecular formula is C36H29N3. The van der Waals surface area contributed by atoms with Gasteiger partial charge in [-0.3, -0.25) is 0 Å². The molecule has 7 rings (SSSR count). The average molecular weight is 504 g/mol. The van der Waals surface area contributed by atoms with E-state index in [1.54, 1.807) is 6.20 Å². The summed E-state index contributed by atoms with van der Waals surface area (Å²) in [6, 6.07) is 36.8. The van der Waals surface area contributed by atoms with Crippen molar-refractivity contribution < 1.29 is 0 Å². The van der Waals surface area contributed by atoms with Gasteiger partial charge in [0, 0.05) is 38.7 Å². The smallest absolute Gasteiger partial charge is 0.0552 e. The number of H-pyrrole nitrogens is 1. The van der Waals surface area contributed by atoms with Crippen molar-refractivity contribution in [1.82, 2.24) is 4.98 Å². The maximum atomic E-state index is 5.61. The largest absolute Gasteiger partial charge is 0.405 e. The monoisotopic (exact) mass is 503 g/mol. The van der Waals surface area contributed by atoms with Crippen molar-refractivity contribution in [2.75, 3.05) is 5.32 Å². The molecule has 1 aromatic heterocycles. The number of hydrogen-bond donors (Lipinski definition) is 3. The first-order chi connectivity index (χ1) is 19.3. The molecule has 5 aromatic carbocycles. The summed E-state index contributed by atoms with van der Waals surface area (Å²) >= 11 is 0. The Bertz CT molecular complexity index is 1920. The van der Waals surface area contributed by atoms with Gasteiger partial charge >= 0.3 is 0 Å². The number of hydrogen-bond acceptors (Lipinski definition) is 2. The molecule has 1 heterocycles. The number of aromatic amines is 1. The zero-order chi connectivity index (χ0) is 26.2. The fourth-order valence-electron chi connectivity index (χ4n) is 5.89. The molecule has 3 nitrogen and oxygen atoms in total. The normalized spacial score (nSPS) is 15.4. The number of nitrogens with one attached hydrogen (secondary N) is 2. The number of aromatic nitrogens is 1. The van der Waals surface area contributed by atoms with Gasteiger partial charge in [0.25, 0.3) is 0 Å². The second kappa shape index (κ2) is 9.70. The van der Waals surface area contributed by atoms with Crippen molar-refractivity contribution in [3.8, 4) is 11.1 Å². The fraction of sp³-hybridized carbons (Fsp3) is 0.0556. The summed E-state index contributed by atoms with van der Waals surface area (Å²) in [7, 11) is 0. The summed E-state index contributed by atoms with van der Waals surface area (Å²) in [5.41, 5.74) is 15.1. The molecule has 0 aliphatic heterocycles. The molecule has 188 valence electrons. The molecule has 0 fully saturated rings. The summed E-state index contributed by atoms with van der Waals surface area (Å²) in [4.78, 5) is 3.74. The van der Waals surface area contributed by atoms with Crippen LogP contribution >= 0.6 is 0 Å². The highest BCUT2D eigenvalue weighted by atomic mass is 14.9. The lowest BCUT2D eigenvalue weighted by Gasteiger charge is -2.24. The number of benzene rings is 5. The van der Waals surface area contributed by atoms with Crippen LogP contribution in [0.1, 0.15) is 17.5 Å². The molecule has 3 heteroatoms. The molecule has 0 spiro atoms. The lowest BCUT2D eigenvalue weighted by atomic mass is 9.91. The Morgan fingerprint density at radius 2 is 1.51 bits per heavy atom. The van der Waals surface area contributed by atoms with Crippen LogP contribution < -0.4 is 11.1 Å². The molecule has 0 amide bonds. The highest BCUT2D eigenvalue weighted by molar-refractivity contribution is 6.27. The minimum Gasteiger partial charge on any atom is -0.405 e. The van der Waals surface area contributed by atoms with E-state index >= 15 is 0 Å². The van der Waals surface area contributed by atoms with Gasteiger partial charge in [-0.15, -0.1) is 0 Å². The lowest BCUT2D eigenvalue weighted by Crippen LogP contribution is -2.18. The van der Waals surface area contributed by atoms with E-state index in [-0.39, 0.29) is 6.04 Å². The number of para-hydroxylation sites is 1. The van der Waals surface area contributed by atoms with Crippen LogP contribution in [-0.4, -0.2) is 11.0 Å². The van der Waals surface area contributed by atoms with Crippen LogP contribution in [0, 0.1) is 0 Å². The zero-order valence-corrected chi connectivity index (χ0v) is 21.6. The third-order valence-electron chi connectivity index (χ3n) is 7.67. The Morgan fingerprint density at radius 1 is 0.769 bits per heavy atom. The van der Waals surface area contributed by atoms with Crippen LogP contribution in [0.25, 0.3) is 55.4 Å². The Balaban J connectivity index is 1.36. The first-order valence-electron chi connectivity index (χ1n) is 13.4. The van der Waals surface area contributed by atoms with E-state index in [1.165, 1.54) is 55.0 Å². The minimum atomic E-state index is 0.175. The third-order valence-corrected chi connectivity index (χ3v) is 7.67. The third kappa shape index (κ3) is 4.09. The Labute approximate surface area is 228 Å². The highest BCUT2D eigenvalue weighted by Gasteiger charge is 2.21. The molecule has 0 bridgehead atoms. The van der Waals surface area contributed by atoms with E-state index in [1.807, 2.05) is 6.08 Å². The van der Waals surface area contributed by atoms with E-state index in [9.17, 15) is 0 Å². The summed E-state index contributed by atoms with van der Waals surface area (Å²) in [6.45, 7) is 0. The first-order valence-corrected chi connectivity index (χ1v) is 13.4. The topological polar surface area (TPSA) is 53.8 Å². The van der Waals surface area contributed by atoms with Gasteiger partial charge in [-0.25, -0.2) is 0 Å². The van der Waals surface area contributed by atoms with Crippen molar-refractivity contribution in [3.05, 3.63) is 139 Å². The van der Waals surface area contributed by atoms with Crippen LogP contribution in [0.4, 0.5) is 5.69 Å². The molecule has 4 N–H and O–H groups in total. The van der Waals surface area contributed by atoms with Gasteiger partial charge in [-0.1, -0.05) is 109 Å². The predicted octanol–water partition coefficient (Wildman–Crippen LogP) is 8.89. The average Bonchev–Trinajstić information content (AvgIpc) is 3.38. The molecule has 0 radical (unpaired) electrons. The summed E-state index contributed by atoms with van der Waals surface area (Å²) in [5.74, 6) is 0. The molecule has 1 unspecified atom stereocenters. The number of nitrogens with two attached hydrogens (primary N) is 1. The standard InChI is InChI=1S/C36H29N3/c37-22-21-24-9-8-12-27(23-24)25-17-19-28(20-18-25)38-35-29-13-4-5-14-30(29)36-34(31-15-6-7-16-32(31)39-36)33(35)26-10-2-1-3-11-26/h1-19,21-23,28,38-39H,20,37H2/b22-21-. The summed E-state index contributed by atoms with van der Waals surface area (Å²) < 4.78 is 0. The number of anilines is 1. The first kappa shape index (κ1) is 23.1. The Morgan fingerprint density at radius 3 is 2.31 bits per heavy atom. The maximum Gasteiger partial charge on any atom is 0.0552 e. The lowest BCUT2D eigenvalue weighted by molar-refractivity contribution is 0.888. The number of fused-ring (bicyclic) bond motifs is 5. The maximum absolute atomic E-state index is 5.61. The van der Waals surface area contributed by atoms with Crippen LogP contribution in [-0.2, 0) is 0 Å². The Kier molecular flexibility index (Phi) is 5.75. The van der Waals surface area contributed by atoms with E-state index in [0.717, 1.165) is 17.5 Å². The molecular weight excluding hydrogens is 474 g/mol. The molecule has 1 atom stereocenters. The van der Waals surface area contributed by atoms with Gasteiger partial charge in [0.1, 0.15) is 0 Å². The highest BCUT2D eigenvalue weighted by Crippen LogP contribution is 2.45. The number of rotatable bonds is 5. The van der Waals surface area contributed by atoms with E-state index in [2.05, 4.69) is 132 Å². The van der Waals surface area contributed by atoms with Crippen molar-refractivity contribution >= 4 is 49.9 Å². The summed E-state index contributed by atoms with van der Waals surface area (Å²) in [5, 5.41) is 8.93. The van der Waals surface area contributed by atoms with Crippen molar-refractivity contribution in [2.45, 2.75) is 12.5 Å². The molecule has 1 aliphatic rings.